The van der Waals surface area contributed by atoms with Gasteiger partial charge < -0.3 is 39.8 Å². The minimum Gasteiger partial charge on any atom is -0.494 e. The molecule has 276 valence electrons. The summed E-state index contributed by atoms with van der Waals surface area (Å²) in [5.41, 5.74) is 0.385. The van der Waals surface area contributed by atoms with E-state index in [1.165, 1.54) is 5.69 Å². The second-order valence-electron chi connectivity index (χ2n) is 14.2. The molecule has 2 saturated heterocycles. The number of hydrogen-bond acceptors (Lipinski definition) is 8. The topological polar surface area (TPSA) is 110 Å². The van der Waals surface area contributed by atoms with Crippen LogP contribution in [0.1, 0.15) is 81.1 Å². The first-order valence-corrected chi connectivity index (χ1v) is 18.5. The van der Waals surface area contributed by atoms with Gasteiger partial charge in [-0.25, -0.2) is 9.59 Å². The van der Waals surface area contributed by atoms with Crippen molar-refractivity contribution in [2.75, 3.05) is 57.4 Å². The van der Waals surface area contributed by atoms with Gasteiger partial charge in [0.2, 0.25) is 0 Å². The van der Waals surface area contributed by atoms with E-state index in [-0.39, 0.29) is 12.2 Å². The molecule has 0 aromatic heterocycles. The number of alkyl carbamates (subject to hydrolysis) is 2. The van der Waals surface area contributed by atoms with E-state index >= 15 is 0 Å². The van der Waals surface area contributed by atoms with Crippen LogP contribution in [0, 0.1) is 11.8 Å². The van der Waals surface area contributed by atoms with Crippen LogP contribution in [-0.4, -0.2) is 75.9 Å². The summed E-state index contributed by atoms with van der Waals surface area (Å²) in [6.07, 6.45) is 3.79. The third-order valence-electron chi connectivity index (χ3n) is 7.58. The number of benzene rings is 2. The van der Waals surface area contributed by atoms with Gasteiger partial charge in [-0.15, -0.1) is 0 Å². The molecule has 3 N–H and O–H groups in total. The standard InChI is InChI=1S/C19H30N2O3.C11H22N2O2.C8H9BrO/c1-5-23-17-8-6-16(7-9-17)21-12-10-15(11-13-21)14-20-18(22)24-19(2,3)4;1-11(2,3)15-10(14)13-8-9-4-6-12-7-5-9;1-2-10-8-5-3-7(9)4-6-8/h6-9,15H,5,10-14H2,1-4H3,(H,20,22);9,12H,4-8H2,1-3H3,(H,13,14);3-6H,2H2,1H3. The number of nitrogens with zero attached hydrogens (tertiary/aromatic N) is 1. The average molecular weight is 750 g/mol. The maximum atomic E-state index is 11.7. The number of amides is 2. The first-order valence-electron chi connectivity index (χ1n) is 17.7. The average Bonchev–Trinajstić information content (AvgIpc) is 3.04. The maximum Gasteiger partial charge on any atom is 0.407 e. The predicted octanol–water partition coefficient (Wildman–Crippen LogP) is 8.18. The van der Waals surface area contributed by atoms with Gasteiger partial charge in [-0.05, 0) is 155 Å². The normalized spacial score (nSPS) is 15.4. The Kier molecular flexibility index (Phi) is 18.7. The zero-order valence-electron chi connectivity index (χ0n) is 31.0. The Morgan fingerprint density at radius 3 is 1.53 bits per heavy atom. The molecule has 0 atom stereocenters. The van der Waals surface area contributed by atoms with Crippen molar-refractivity contribution in [2.45, 2.75) is 92.3 Å². The molecule has 0 bridgehead atoms. The molecule has 49 heavy (non-hydrogen) atoms. The molecule has 2 amide bonds. The lowest BCUT2D eigenvalue weighted by molar-refractivity contribution is 0.0505. The summed E-state index contributed by atoms with van der Waals surface area (Å²) in [6.45, 7) is 22.2. The minimum atomic E-state index is -0.443. The summed E-state index contributed by atoms with van der Waals surface area (Å²) in [5.74, 6) is 2.94. The lowest BCUT2D eigenvalue weighted by Gasteiger charge is -2.33. The van der Waals surface area contributed by atoms with Crippen LogP contribution < -0.4 is 30.3 Å². The van der Waals surface area contributed by atoms with Crippen molar-refractivity contribution in [2.24, 2.45) is 11.8 Å². The third-order valence-corrected chi connectivity index (χ3v) is 8.11. The van der Waals surface area contributed by atoms with Crippen LogP contribution in [0.3, 0.4) is 0 Å². The molecule has 2 aromatic rings. The van der Waals surface area contributed by atoms with E-state index < -0.39 is 11.2 Å². The van der Waals surface area contributed by atoms with Crippen molar-refractivity contribution >= 4 is 33.8 Å². The molecule has 10 nitrogen and oxygen atoms in total. The largest absolute Gasteiger partial charge is 0.494 e. The van der Waals surface area contributed by atoms with E-state index in [0.717, 1.165) is 81.0 Å². The Morgan fingerprint density at radius 2 is 1.12 bits per heavy atom. The van der Waals surface area contributed by atoms with Crippen LogP contribution in [0.5, 0.6) is 11.5 Å². The van der Waals surface area contributed by atoms with Crippen molar-refractivity contribution in [3.8, 4) is 11.5 Å². The summed E-state index contributed by atoms with van der Waals surface area (Å²) in [4.78, 5) is 25.5. The molecular weight excluding hydrogens is 688 g/mol. The molecule has 0 unspecified atom stereocenters. The van der Waals surface area contributed by atoms with Gasteiger partial charge >= 0.3 is 12.2 Å². The second kappa shape index (κ2) is 21.8. The Hall–Kier alpha value is -3.18. The van der Waals surface area contributed by atoms with Gasteiger partial charge in [-0.3, -0.25) is 0 Å². The molecule has 0 radical (unpaired) electrons. The SMILES string of the molecule is CC(C)(C)OC(=O)NCC1CCNCC1.CCOc1ccc(Br)cc1.CCOc1ccc(N2CCC(CNC(=O)OC(C)(C)C)CC2)cc1. The number of anilines is 1. The Balaban J connectivity index is 0.000000283. The molecule has 2 fully saturated rings. The molecular formula is C38H61BrN4O6. The second-order valence-corrected chi connectivity index (χ2v) is 15.1. The quantitative estimate of drug-likeness (QED) is 0.236. The first-order chi connectivity index (χ1) is 23.2. The summed E-state index contributed by atoms with van der Waals surface area (Å²) in [5, 5.41) is 9.01. The number of nitrogens with one attached hydrogen (secondary N) is 3. The van der Waals surface area contributed by atoms with Gasteiger partial charge in [0.1, 0.15) is 22.7 Å². The number of carbonyl (C=O) groups is 2. The number of ether oxygens (including phenoxy) is 4. The molecule has 0 saturated carbocycles. The summed E-state index contributed by atoms with van der Waals surface area (Å²) < 4.78 is 22.2. The zero-order chi connectivity index (χ0) is 36.3. The number of piperidine rings is 2. The predicted molar refractivity (Wildman–Crippen MR) is 202 cm³/mol. The number of hydrogen-bond donors (Lipinski definition) is 3. The first kappa shape index (κ1) is 42.0. The Bertz CT molecular complexity index is 1200. The van der Waals surface area contributed by atoms with Gasteiger partial charge in [0.05, 0.1) is 13.2 Å². The summed E-state index contributed by atoms with van der Waals surface area (Å²) >= 11 is 3.34. The molecule has 0 aliphatic carbocycles. The molecule has 0 spiro atoms. The van der Waals surface area contributed by atoms with E-state index in [1.807, 2.05) is 91.8 Å². The van der Waals surface area contributed by atoms with Crippen LogP contribution >= 0.6 is 15.9 Å². The number of halogens is 1. The monoisotopic (exact) mass is 748 g/mol. The highest BCUT2D eigenvalue weighted by Gasteiger charge is 2.22. The summed E-state index contributed by atoms with van der Waals surface area (Å²) in [6, 6.07) is 16.1. The van der Waals surface area contributed by atoms with Gasteiger partial charge in [0.15, 0.2) is 0 Å². The Morgan fingerprint density at radius 1 is 0.714 bits per heavy atom. The van der Waals surface area contributed by atoms with Crippen LogP contribution in [-0.2, 0) is 9.47 Å². The van der Waals surface area contributed by atoms with Gasteiger partial charge in [-0.2, -0.15) is 0 Å². The fraction of sp³-hybridized carbons (Fsp3) is 0.632. The van der Waals surface area contributed by atoms with E-state index in [2.05, 4.69) is 48.9 Å². The van der Waals surface area contributed by atoms with E-state index in [9.17, 15) is 9.59 Å². The fourth-order valence-corrected chi connectivity index (χ4v) is 5.45. The zero-order valence-corrected chi connectivity index (χ0v) is 32.6. The smallest absolute Gasteiger partial charge is 0.407 e. The van der Waals surface area contributed by atoms with Gasteiger partial charge in [-0.1, -0.05) is 15.9 Å². The molecule has 4 rings (SSSR count). The Labute approximate surface area is 303 Å². The minimum absolute atomic E-state index is 0.305. The fourth-order valence-electron chi connectivity index (χ4n) is 5.18. The van der Waals surface area contributed by atoms with Gasteiger partial charge in [0, 0.05) is 36.3 Å². The molecule has 2 aliphatic rings. The molecule has 2 aromatic carbocycles. The highest BCUT2D eigenvalue weighted by molar-refractivity contribution is 9.10. The van der Waals surface area contributed by atoms with Crippen molar-refractivity contribution in [3.05, 3.63) is 53.0 Å². The lowest BCUT2D eigenvalue weighted by atomic mass is 9.96. The molecule has 2 aliphatic heterocycles. The molecule has 2 heterocycles. The molecule has 11 heteroatoms. The number of rotatable bonds is 9. The van der Waals surface area contributed by atoms with Crippen molar-refractivity contribution in [1.82, 2.24) is 16.0 Å². The van der Waals surface area contributed by atoms with Crippen molar-refractivity contribution in [1.29, 1.82) is 0 Å². The highest BCUT2D eigenvalue weighted by Crippen LogP contribution is 2.25. The van der Waals surface area contributed by atoms with Crippen LogP contribution in [0.25, 0.3) is 0 Å². The van der Waals surface area contributed by atoms with Gasteiger partial charge in [0.25, 0.3) is 0 Å². The van der Waals surface area contributed by atoms with Crippen LogP contribution in [0.15, 0.2) is 53.0 Å². The van der Waals surface area contributed by atoms with Crippen molar-refractivity contribution < 1.29 is 28.5 Å². The summed E-state index contributed by atoms with van der Waals surface area (Å²) in [7, 11) is 0. The maximum absolute atomic E-state index is 11.7. The number of carbonyl (C=O) groups excluding carboxylic acids is 2. The third kappa shape index (κ3) is 19.6. The van der Waals surface area contributed by atoms with E-state index in [0.29, 0.717) is 25.0 Å². The van der Waals surface area contributed by atoms with Crippen LogP contribution in [0.2, 0.25) is 0 Å². The lowest BCUT2D eigenvalue weighted by Crippen LogP contribution is -2.40. The van der Waals surface area contributed by atoms with E-state index in [1.54, 1.807) is 0 Å². The van der Waals surface area contributed by atoms with Crippen molar-refractivity contribution in [3.63, 3.8) is 0 Å². The van der Waals surface area contributed by atoms with E-state index in [4.69, 9.17) is 18.9 Å². The highest BCUT2D eigenvalue weighted by atomic mass is 79.9. The van der Waals surface area contributed by atoms with Crippen LogP contribution in [0.4, 0.5) is 15.3 Å².